The summed E-state index contributed by atoms with van der Waals surface area (Å²) in [5.74, 6) is 0.157. The van der Waals surface area contributed by atoms with E-state index in [1.807, 2.05) is 0 Å². The highest BCUT2D eigenvalue weighted by atomic mass is 32.2. The van der Waals surface area contributed by atoms with Gasteiger partial charge in [0, 0.05) is 24.5 Å². The molecular weight excluding hydrogens is 486 g/mol. The summed E-state index contributed by atoms with van der Waals surface area (Å²) in [7, 11) is -3.40. The Kier molecular flexibility index (Phi) is 10.7. The van der Waals surface area contributed by atoms with Crippen molar-refractivity contribution < 1.29 is 27.9 Å². The third-order valence-corrected chi connectivity index (χ3v) is 8.05. The third-order valence-electron chi connectivity index (χ3n) is 5.31. The summed E-state index contributed by atoms with van der Waals surface area (Å²) in [6.45, 7) is 1.17. The molecule has 3 rings (SSSR count). The number of hydrogen-bond donors (Lipinski definition) is 2. The average Bonchev–Trinajstić information content (AvgIpc) is 3.41. The van der Waals surface area contributed by atoms with E-state index >= 15 is 0 Å². The van der Waals surface area contributed by atoms with Crippen molar-refractivity contribution in [2.24, 2.45) is 0 Å². The molecule has 0 spiro atoms. The second-order valence-corrected chi connectivity index (χ2v) is 11.1. The zero-order valence-electron chi connectivity index (χ0n) is 19.5. The van der Waals surface area contributed by atoms with E-state index in [1.165, 1.54) is 16.0 Å². The van der Waals surface area contributed by atoms with Gasteiger partial charge >= 0.3 is 0 Å². The molecule has 7 nitrogen and oxygen atoms in total. The van der Waals surface area contributed by atoms with Gasteiger partial charge in [-0.05, 0) is 72.5 Å². The number of benzene rings is 2. The molecular formula is C26H31NO6S2. The minimum absolute atomic E-state index is 0.0190. The van der Waals surface area contributed by atoms with E-state index in [1.54, 1.807) is 41.1 Å². The molecule has 0 bridgehead atoms. The van der Waals surface area contributed by atoms with Crippen LogP contribution in [0.15, 0.2) is 70.9 Å². The van der Waals surface area contributed by atoms with Gasteiger partial charge < -0.3 is 9.47 Å². The van der Waals surface area contributed by atoms with Crippen molar-refractivity contribution in [3.8, 4) is 16.2 Å². The summed E-state index contributed by atoms with van der Waals surface area (Å²) in [6, 6.07) is 19.2. The van der Waals surface area contributed by atoms with Gasteiger partial charge in [0.15, 0.2) is 9.84 Å². The third kappa shape index (κ3) is 9.10. The van der Waals surface area contributed by atoms with Crippen LogP contribution in [0.3, 0.4) is 0 Å². The van der Waals surface area contributed by atoms with Gasteiger partial charge in [0.1, 0.15) is 5.75 Å². The van der Waals surface area contributed by atoms with Crippen molar-refractivity contribution in [2.75, 3.05) is 25.6 Å². The normalized spacial score (nSPS) is 11.3. The van der Waals surface area contributed by atoms with Gasteiger partial charge in [0.05, 0.1) is 17.3 Å². The molecule has 9 heteroatoms. The van der Waals surface area contributed by atoms with Crippen molar-refractivity contribution in [2.45, 2.75) is 37.0 Å². The summed E-state index contributed by atoms with van der Waals surface area (Å²) < 4.78 is 36.2. The van der Waals surface area contributed by atoms with E-state index in [-0.39, 0.29) is 23.7 Å². The molecule has 0 atom stereocenters. The lowest BCUT2D eigenvalue weighted by atomic mass is 10.1. The van der Waals surface area contributed by atoms with E-state index in [0.717, 1.165) is 12.8 Å². The van der Waals surface area contributed by atoms with Crippen molar-refractivity contribution in [1.82, 2.24) is 5.48 Å². The largest absolute Gasteiger partial charge is 0.494 e. The number of hydrogen-bond acceptors (Lipinski definition) is 7. The van der Waals surface area contributed by atoms with Crippen molar-refractivity contribution in [3.63, 3.8) is 0 Å². The smallest absolute Gasteiger partial charge is 0.243 e. The highest BCUT2D eigenvalue weighted by Gasteiger charge is 2.14. The van der Waals surface area contributed by atoms with Gasteiger partial charge in [0.25, 0.3) is 0 Å². The molecule has 0 saturated heterocycles. The van der Waals surface area contributed by atoms with E-state index in [2.05, 4.69) is 41.8 Å². The number of aryl methyl sites for hydroxylation is 1. The molecule has 1 amide bonds. The SMILES string of the molecule is O=C(CCCOCCCS(=O)(=O)c1ccc(OCCCc2cccc(-c3cccs3)c2)cc1)NO. The predicted molar refractivity (Wildman–Crippen MR) is 137 cm³/mol. The molecule has 2 aromatic carbocycles. The first-order valence-electron chi connectivity index (χ1n) is 11.6. The molecule has 188 valence electrons. The number of ether oxygens (including phenoxy) is 2. The summed E-state index contributed by atoms with van der Waals surface area (Å²) in [5.41, 5.74) is 4.05. The highest BCUT2D eigenvalue weighted by molar-refractivity contribution is 7.91. The quantitative estimate of drug-likeness (QED) is 0.169. The van der Waals surface area contributed by atoms with Gasteiger partial charge in [-0.2, -0.15) is 0 Å². The number of amides is 1. The van der Waals surface area contributed by atoms with Gasteiger partial charge in [-0.15, -0.1) is 11.3 Å². The molecule has 0 radical (unpaired) electrons. The first kappa shape index (κ1) is 26.9. The lowest BCUT2D eigenvalue weighted by Crippen LogP contribution is -2.18. The van der Waals surface area contributed by atoms with Crippen molar-refractivity contribution in [1.29, 1.82) is 0 Å². The Hall–Kier alpha value is -2.72. The minimum Gasteiger partial charge on any atom is -0.494 e. The topological polar surface area (TPSA) is 102 Å². The summed E-state index contributed by atoms with van der Waals surface area (Å²) in [4.78, 5) is 12.4. The molecule has 3 aromatic rings. The molecule has 35 heavy (non-hydrogen) atoms. The number of thiophene rings is 1. The Morgan fingerprint density at radius 1 is 0.943 bits per heavy atom. The Balaban J connectivity index is 1.35. The molecule has 2 N–H and O–H groups in total. The predicted octanol–water partition coefficient (Wildman–Crippen LogP) is 4.89. The first-order chi connectivity index (χ1) is 17.0. The van der Waals surface area contributed by atoms with Gasteiger partial charge in [-0.25, -0.2) is 13.9 Å². The van der Waals surface area contributed by atoms with Crippen LogP contribution < -0.4 is 10.2 Å². The second-order valence-electron chi connectivity index (χ2n) is 8.02. The van der Waals surface area contributed by atoms with Gasteiger partial charge in [-0.3, -0.25) is 10.0 Å². The van der Waals surface area contributed by atoms with Gasteiger partial charge in [0.2, 0.25) is 5.91 Å². The maximum absolute atomic E-state index is 12.5. The van der Waals surface area contributed by atoms with Crippen molar-refractivity contribution >= 4 is 27.1 Å². The summed E-state index contributed by atoms with van der Waals surface area (Å²) in [5, 5.41) is 10.5. The molecule has 0 saturated carbocycles. The lowest BCUT2D eigenvalue weighted by molar-refractivity contribution is -0.129. The van der Waals surface area contributed by atoms with E-state index in [0.29, 0.717) is 31.8 Å². The standard InChI is InChI=1S/C26H31NO6S2/c28-26(27-29)10-3-15-32-16-5-19-35(30,31)24-13-11-23(12-14-24)33-17-2-7-21-6-1-8-22(20-21)25-9-4-18-34-25/h1,4,6,8-9,11-14,18,20,29H,2-3,5,7,10,15-17,19H2,(H,27,28). The van der Waals surface area contributed by atoms with E-state index in [9.17, 15) is 13.2 Å². The molecule has 0 unspecified atom stereocenters. The molecule has 0 aliphatic carbocycles. The van der Waals surface area contributed by atoms with E-state index < -0.39 is 15.7 Å². The average molecular weight is 518 g/mol. The molecule has 1 aromatic heterocycles. The van der Waals surface area contributed by atoms with Crippen LogP contribution in [0.2, 0.25) is 0 Å². The number of hydroxylamine groups is 1. The van der Waals surface area contributed by atoms with Crippen LogP contribution in [0.1, 0.15) is 31.2 Å². The Labute approximate surface area is 210 Å². The minimum atomic E-state index is -3.40. The molecule has 0 aliphatic heterocycles. The molecule has 0 aliphatic rings. The highest BCUT2D eigenvalue weighted by Crippen LogP contribution is 2.25. The zero-order chi connectivity index (χ0) is 24.9. The Bertz CT molecular complexity index is 1140. The number of carbonyl (C=O) groups excluding carboxylic acids is 1. The Morgan fingerprint density at radius 2 is 1.74 bits per heavy atom. The summed E-state index contributed by atoms with van der Waals surface area (Å²) in [6.07, 6.45) is 2.75. The van der Waals surface area contributed by atoms with Crippen LogP contribution in [0.25, 0.3) is 10.4 Å². The maximum atomic E-state index is 12.5. The molecule has 1 heterocycles. The fourth-order valence-corrected chi connectivity index (χ4v) is 5.50. The molecule has 0 fully saturated rings. The maximum Gasteiger partial charge on any atom is 0.243 e. The van der Waals surface area contributed by atoms with Crippen LogP contribution in [-0.4, -0.2) is 45.1 Å². The number of rotatable bonds is 15. The van der Waals surface area contributed by atoms with Crippen LogP contribution in [0, 0.1) is 0 Å². The Morgan fingerprint density at radius 3 is 2.49 bits per heavy atom. The fraction of sp³-hybridized carbons (Fsp3) is 0.346. The number of sulfone groups is 1. The van der Waals surface area contributed by atoms with Crippen LogP contribution in [-0.2, 0) is 25.8 Å². The monoisotopic (exact) mass is 517 g/mol. The number of carbonyl (C=O) groups is 1. The summed E-state index contributed by atoms with van der Waals surface area (Å²) >= 11 is 1.73. The second kappa shape index (κ2) is 14.0. The van der Waals surface area contributed by atoms with E-state index in [4.69, 9.17) is 14.7 Å². The van der Waals surface area contributed by atoms with Crippen molar-refractivity contribution in [3.05, 3.63) is 71.6 Å². The fourth-order valence-electron chi connectivity index (χ4n) is 3.49. The van der Waals surface area contributed by atoms with Crippen LogP contribution in [0.4, 0.5) is 0 Å². The van der Waals surface area contributed by atoms with Gasteiger partial charge in [-0.1, -0.05) is 30.3 Å². The lowest BCUT2D eigenvalue weighted by Gasteiger charge is -2.09. The van der Waals surface area contributed by atoms with Crippen LogP contribution in [0.5, 0.6) is 5.75 Å². The van der Waals surface area contributed by atoms with Crippen LogP contribution >= 0.6 is 11.3 Å². The number of nitrogens with one attached hydrogen (secondary N) is 1. The first-order valence-corrected chi connectivity index (χ1v) is 14.1. The zero-order valence-corrected chi connectivity index (χ0v) is 21.2.